The van der Waals surface area contributed by atoms with E-state index in [0.717, 1.165) is 22.6 Å². The molecular formula is C10H12O3. The lowest BCUT2D eigenvalue weighted by molar-refractivity contribution is 0.172. The van der Waals surface area contributed by atoms with Crippen LogP contribution in [-0.2, 0) is 11.3 Å². The van der Waals surface area contributed by atoms with Crippen LogP contribution in [0.5, 0.6) is 11.5 Å². The van der Waals surface area contributed by atoms with Gasteiger partial charge in [-0.15, -0.1) is 0 Å². The van der Waals surface area contributed by atoms with Crippen molar-refractivity contribution in [2.75, 3.05) is 13.9 Å². The summed E-state index contributed by atoms with van der Waals surface area (Å²) in [5, 5.41) is 0. The first-order chi connectivity index (χ1) is 6.33. The molecule has 0 fully saturated rings. The monoisotopic (exact) mass is 180 g/mol. The lowest BCUT2D eigenvalue weighted by Crippen LogP contribution is -1.95. The van der Waals surface area contributed by atoms with E-state index in [2.05, 4.69) is 0 Å². The number of hydrogen-bond donors (Lipinski definition) is 0. The third-order valence-corrected chi connectivity index (χ3v) is 2.20. The Kier molecular flexibility index (Phi) is 2.10. The Morgan fingerprint density at radius 2 is 2.23 bits per heavy atom. The van der Waals surface area contributed by atoms with Crippen molar-refractivity contribution in [1.82, 2.24) is 0 Å². The molecule has 1 aliphatic heterocycles. The Labute approximate surface area is 77.2 Å². The van der Waals surface area contributed by atoms with E-state index in [1.807, 2.05) is 19.1 Å². The maximum absolute atomic E-state index is 5.34. The van der Waals surface area contributed by atoms with Crippen molar-refractivity contribution in [3.63, 3.8) is 0 Å². The molecule has 0 bridgehead atoms. The quantitative estimate of drug-likeness (QED) is 0.695. The first kappa shape index (κ1) is 8.38. The third kappa shape index (κ3) is 1.35. The summed E-state index contributed by atoms with van der Waals surface area (Å²) in [5.74, 6) is 1.69. The van der Waals surface area contributed by atoms with Crippen LogP contribution in [0.3, 0.4) is 0 Å². The molecule has 3 nitrogen and oxygen atoms in total. The van der Waals surface area contributed by atoms with Gasteiger partial charge in [0.05, 0.1) is 6.61 Å². The fourth-order valence-electron chi connectivity index (χ4n) is 1.46. The van der Waals surface area contributed by atoms with Gasteiger partial charge in [-0.25, -0.2) is 0 Å². The summed E-state index contributed by atoms with van der Waals surface area (Å²) in [6.07, 6.45) is 0. The zero-order valence-electron chi connectivity index (χ0n) is 7.79. The Bertz CT molecular complexity index is 320. The van der Waals surface area contributed by atoms with E-state index in [0.29, 0.717) is 13.4 Å². The number of rotatable bonds is 2. The average molecular weight is 180 g/mol. The van der Waals surface area contributed by atoms with Gasteiger partial charge in [0, 0.05) is 12.7 Å². The largest absolute Gasteiger partial charge is 0.454 e. The molecule has 0 saturated carbocycles. The first-order valence-electron chi connectivity index (χ1n) is 4.20. The van der Waals surface area contributed by atoms with Crippen LogP contribution in [-0.4, -0.2) is 13.9 Å². The van der Waals surface area contributed by atoms with Crippen LogP contribution in [0, 0.1) is 6.92 Å². The van der Waals surface area contributed by atoms with E-state index in [1.54, 1.807) is 7.11 Å². The summed E-state index contributed by atoms with van der Waals surface area (Å²) in [7, 11) is 1.68. The van der Waals surface area contributed by atoms with Gasteiger partial charge in [0.2, 0.25) is 6.79 Å². The molecule has 1 aromatic rings. The number of benzene rings is 1. The van der Waals surface area contributed by atoms with Gasteiger partial charge in [0.25, 0.3) is 0 Å². The van der Waals surface area contributed by atoms with Crippen LogP contribution in [0.4, 0.5) is 0 Å². The van der Waals surface area contributed by atoms with Crippen molar-refractivity contribution in [3.8, 4) is 11.5 Å². The predicted octanol–water partition coefficient (Wildman–Crippen LogP) is 1.87. The molecule has 0 radical (unpaired) electrons. The molecule has 0 atom stereocenters. The molecule has 0 aromatic heterocycles. The number of ether oxygens (including phenoxy) is 3. The fourth-order valence-corrected chi connectivity index (χ4v) is 1.46. The highest BCUT2D eigenvalue weighted by molar-refractivity contribution is 5.51. The smallest absolute Gasteiger partial charge is 0.231 e. The van der Waals surface area contributed by atoms with Crippen molar-refractivity contribution in [2.45, 2.75) is 13.5 Å². The molecule has 1 aliphatic rings. The Balaban J connectivity index is 2.40. The third-order valence-electron chi connectivity index (χ3n) is 2.20. The van der Waals surface area contributed by atoms with Gasteiger partial charge < -0.3 is 14.2 Å². The zero-order chi connectivity index (χ0) is 9.26. The summed E-state index contributed by atoms with van der Waals surface area (Å²) in [6.45, 7) is 2.96. The maximum Gasteiger partial charge on any atom is 0.231 e. The van der Waals surface area contributed by atoms with Gasteiger partial charge in [-0.1, -0.05) is 6.07 Å². The van der Waals surface area contributed by atoms with Crippen LogP contribution in [0.25, 0.3) is 0 Å². The zero-order valence-corrected chi connectivity index (χ0v) is 7.79. The second-order valence-corrected chi connectivity index (χ2v) is 3.02. The Morgan fingerprint density at radius 1 is 1.38 bits per heavy atom. The van der Waals surface area contributed by atoms with Crippen molar-refractivity contribution in [1.29, 1.82) is 0 Å². The second-order valence-electron chi connectivity index (χ2n) is 3.02. The Hall–Kier alpha value is -1.22. The summed E-state index contributed by atoms with van der Waals surface area (Å²) in [6, 6.07) is 3.93. The van der Waals surface area contributed by atoms with E-state index >= 15 is 0 Å². The van der Waals surface area contributed by atoms with Crippen LogP contribution >= 0.6 is 0 Å². The minimum absolute atomic E-state index is 0.326. The van der Waals surface area contributed by atoms with Gasteiger partial charge >= 0.3 is 0 Å². The van der Waals surface area contributed by atoms with E-state index in [1.165, 1.54) is 0 Å². The van der Waals surface area contributed by atoms with Gasteiger partial charge in [0.15, 0.2) is 11.5 Å². The minimum Gasteiger partial charge on any atom is -0.454 e. The van der Waals surface area contributed by atoms with Crippen LogP contribution in [0.1, 0.15) is 11.1 Å². The van der Waals surface area contributed by atoms with Crippen LogP contribution in [0.2, 0.25) is 0 Å². The highest BCUT2D eigenvalue weighted by Crippen LogP contribution is 2.36. The molecule has 0 amide bonds. The summed E-state index contributed by atoms with van der Waals surface area (Å²) in [5.41, 5.74) is 2.25. The van der Waals surface area contributed by atoms with Gasteiger partial charge in [-0.05, 0) is 18.6 Å². The highest BCUT2D eigenvalue weighted by Gasteiger charge is 2.17. The predicted molar refractivity (Wildman–Crippen MR) is 48.0 cm³/mol. The topological polar surface area (TPSA) is 27.7 Å². The van der Waals surface area contributed by atoms with E-state index in [-0.39, 0.29) is 0 Å². The van der Waals surface area contributed by atoms with Crippen molar-refractivity contribution in [3.05, 3.63) is 23.3 Å². The highest BCUT2D eigenvalue weighted by atomic mass is 16.7. The molecular weight excluding hydrogens is 168 g/mol. The molecule has 1 aromatic carbocycles. The summed E-state index contributed by atoms with van der Waals surface area (Å²) in [4.78, 5) is 0. The minimum atomic E-state index is 0.326. The molecule has 0 N–H and O–H groups in total. The van der Waals surface area contributed by atoms with Gasteiger partial charge in [-0.2, -0.15) is 0 Å². The van der Waals surface area contributed by atoms with Gasteiger partial charge in [0.1, 0.15) is 0 Å². The van der Waals surface area contributed by atoms with Crippen LogP contribution in [0.15, 0.2) is 12.1 Å². The maximum atomic E-state index is 5.34. The molecule has 13 heavy (non-hydrogen) atoms. The lowest BCUT2D eigenvalue weighted by Gasteiger charge is -2.06. The second kappa shape index (κ2) is 3.26. The summed E-state index contributed by atoms with van der Waals surface area (Å²) >= 11 is 0. The van der Waals surface area contributed by atoms with E-state index in [4.69, 9.17) is 14.2 Å². The molecule has 70 valence electrons. The van der Waals surface area contributed by atoms with Crippen molar-refractivity contribution < 1.29 is 14.2 Å². The van der Waals surface area contributed by atoms with E-state index < -0.39 is 0 Å². The van der Waals surface area contributed by atoms with Crippen molar-refractivity contribution in [2.24, 2.45) is 0 Å². The molecule has 3 heteroatoms. The van der Waals surface area contributed by atoms with E-state index in [9.17, 15) is 0 Å². The molecule has 1 heterocycles. The van der Waals surface area contributed by atoms with Gasteiger partial charge in [-0.3, -0.25) is 0 Å². The molecule has 2 rings (SSSR count). The lowest BCUT2D eigenvalue weighted by atomic mass is 10.1. The normalized spacial score (nSPS) is 13.4. The number of hydrogen-bond acceptors (Lipinski definition) is 3. The Morgan fingerprint density at radius 3 is 3.00 bits per heavy atom. The van der Waals surface area contributed by atoms with Crippen molar-refractivity contribution >= 4 is 0 Å². The average Bonchev–Trinajstić information content (AvgIpc) is 2.58. The number of methoxy groups -OCH3 is 1. The SMILES string of the molecule is COCc1ccc2c(c1C)OCO2. The molecule has 0 aliphatic carbocycles. The standard InChI is InChI=1S/C10H12O3/c1-7-8(5-11-2)3-4-9-10(7)13-6-12-9/h3-4H,5-6H2,1-2H3. The number of fused-ring (bicyclic) bond motifs is 1. The molecule has 0 spiro atoms. The first-order valence-corrected chi connectivity index (χ1v) is 4.20. The summed E-state index contributed by atoms with van der Waals surface area (Å²) < 4.78 is 15.7. The molecule has 0 unspecified atom stereocenters. The van der Waals surface area contributed by atoms with Crippen LogP contribution < -0.4 is 9.47 Å². The fraction of sp³-hybridized carbons (Fsp3) is 0.400. The molecule has 0 saturated heterocycles.